The summed E-state index contributed by atoms with van der Waals surface area (Å²) >= 11 is 0. The summed E-state index contributed by atoms with van der Waals surface area (Å²) in [6.07, 6.45) is 0.252. The van der Waals surface area contributed by atoms with Gasteiger partial charge in [-0.2, -0.15) is 0 Å². The standard InChI is InChI=1S/C21H27N3O6S/c1-15(30-17-11-9-16(10-12-17)24(2)31(4,27)28)20(25)23-19-8-6-5-7-18(19)21(26)22-13-14-29-3/h5-12,15H,13-14H2,1-4H3,(H,22,26)(H,23,25)/t15-/m1/s1. The van der Waals surface area contributed by atoms with Crippen molar-refractivity contribution >= 4 is 33.2 Å². The molecule has 0 aromatic heterocycles. The van der Waals surface area contributed by atoms with E-state index in [-0.39, 0.29) is 5.91 Å². The lowest BCUT2D eigenvalue weighted by atomic mass is 10.1. The van der Waals surface area contributed by atoms with Crippen molar-refractivity contribution in [2.24, 2.45) is 0 Å². The third kappa shape index (κ3) is 6.97. The number of methoxy groups -OCH3 is 1. The molecule has 2 aromatic rings. The molecule has 2 aromatic carbocycles. The first-order valence-corrected chi connectivity index (χ1v) is 11.4. The Morgan fingerprint density at radius 1 is 1.10 bits per heavy atom. The fourth-order valence-electron chi connectivity index (χ4n) is 2.57. The van der Waals surface area contributed by atoms with Crippen molar-refractivity contribution < 1.29 is 27.5 Å². The van der Waals surface area contributed by atoms with E-state index in [1.165, 1.54) is 7.05 Å². The smallest absolute Gasteiger partial charge is 0.265 e. The summed E-state index contributed by atoms with van der Waals surface area (Å²) in [6, 6.07) is 13.0. The first kappa shape index (κ1) is 24.2. The molecular formula is C21H27N3O6S. The van der Waals surface area contributed by atoms with Gasteiger partial charge in [0, 0.05) is 20.7 Å². The van der Waals surface area contributed by atoms with Crippen molar-refractivity contribution in [3.63, 3.8) is 0 Å². The van der Waals surface area contributed by atoms with Crippen LogP contribution < -0.4 is 19.7 Å². The number of ether oxygens (including phenoxy) is 2. The van der Waals surface area contributed by atoms with Crippen molar-refractivity contribution in [2.45, 2.75) is 13.0 Å². The maximum absolute atomic E-state index is 12.6. The van der Waals surface area contributed by atoms with E-state index in [1.807, 2.05) is 0 Å². The minimum atomic E-state index is -3.37. The summed E-state index contributed by atoms with van der Waals surface area (Å²) in [4.78, 5) is 24.9. The van der Waals surface area contributed by atoms with E-state index in [0.717, 1.165) is 10.6 Å². The number of carbonyl (C=O) groups is 2. The van der Waals surface area contributed by atoms with Gasteiger partial charge in [-0.25, -0.2) is 8.42 Å². The molecule has 2 amide bonds. The van der Waals surface area contributed by atoms with Crippen LogP contribution >= 0.6 is 0 Å². The SMILES string of the molecule is COCCNC(=O)c1ccccc1NC(=O)[C@@H](C)Oc1ccc(N(C)S(C)(=O)=O)cc1. The average Bonchev–Trinajstić information content (AvgIpc) is 2.73. The molecule has 0 saturated heterocycles. The van der Waals surface area contributed by atoms with Crippen molar-refractivity contribution in [1.29, 1.82) is 0 Å². The van der Waals surface area contributed by atoms with Gasteiger partial charge in [0.1, 0.15) is 5.75 Å². The molecule has 0 bridgehead atoms. The number of anilines is 2. The molecule has 0 aliphatic heterocycles. The normalized spacial score (nSPS) is 12.0. The number of carbonyl (C=O) groups excluding carboxylic acids is 2. The molecule has 0 spiro atoms. The number of amides is 2. The molecule has 10 heteroatoms. The molecule has 0 aliphatic rings. The van der Waals surface area contributed by atoms with E-state index in [1.54, 1.807) is 62.6 Å². The van der Waals surface area contributed by atoms with Crippen LogP contribution in [0.5, 0.6) is 5.75 Å². The third-order valence-electron chi connectivity index (χ3n) is 4.40. The highest BCUT2D eigenvalue weighted by atomic mass is 32.2. The molecule has 0 unspecified atom stereocenters. The summed E-state index contributed by atoms with van der Waals surface area (Å²) < 4.78 is 34.9. The van der Waals surface area contributed by atoms with Gasteiger partial charge in [-0.1, -0.05) is 12.1 Å². The van der Waals surface area contributed by atoms with Crippen molar-refractivity contribution in [2.75, 3.05) is 43.2 Å². The maximum atomic E-state index is 12.6. The summed E-state index contributed by atoms with van der Waals surface area (Å²) in [5.74, 6) is -0.361. The summed E-state index contributed by atoms with van der Waals surface area (Å²) in [7, 11) is -0.380. The Balaban J connectivity index is 2.03. The Hall–Kier alpha value is -3.11. The number of para-hydroxylation sites is 1. The minimum absolute atomic E-state index is 0.326. The zero-order chi connectivity index (χ0) is 23.0. The molecule has 0 saturated carbocycles. The van der Waals surface area contributed by atoms with E-state index in [2.05, 4.69) is 10.6 Å². The van der Waals surface area contributed by atoms with Crippen molar-refractivity contribution in [3.8, 4) is 5.75 Å². The molecule has 1 atom stereocenters. The lowest BCUT2D eigenvalue weighted by molar-refractivity contribution is -0.122. The van der Waals surface area contributed by atoms with E-state index < -0.39 is 22.0 Å². The Kier molecular flexibility index (Phi) is 8.40. The highest BCUT2D eigenvalue weighted by molar-refractivity contribution is 7.92. The highest BCUT2D eigenvalue weighted by Crippen LogP contribution is 2.22. The third-order valence-corrected chi connectivity index (χ3v) is 5.61. The summed E-state index contributed by atoms with van der Waals surface area (Å²) in [5.41, 5.74) is 1.16. The molecular weight excluding hydrogens is 422 g/mol. The van der Waals surface area contributed by atoms with Crippen LogP contribution in [0.3, 0.4) is 0 Å². The van der Waals surface area contributed by atoms with Gasteiger partial charge in [0.2, 0.25) is 10.0 Å². The van der Waals surface area contributed by atoms with Gasteiger partial charge in [0.25, 0.3) is 11.8 Å². The Bertz CT molecular complexity index is 1010. The molecule has 9 nitrogen and oxygen atoms in total. The molecule has 0 fully saturated rings. The quantitative estimate of drug-likeness (QED) is 0.535. The van der Waals surface area contributed by atoms with Crippen molar-refractivity contribution in [3.05, 3.63) is 54.1 Å². The second-order valence-electron chi connectivity index (χ2n) is 6.77. The Labute approximate surface area is 182 Å². The van der Waals surface area contributed by atoms with E-state index in [0.29, 0.717) is 35.8 Å². The summed E-state index contributed by atoms with van der Waals surface area (Å²) in [5, 5.41) is 5.42. The van der Waals surface area contributed by atoms with Crippen LogP contribution in [0.4, 0.5) is 11.4 Å². The van der Waals surface area contributed by atoms with Crippen LogP contribution in [0.2, 0.25) is 0 Å². The monoisotopic (exact) mass is 449 g/mol. The van der Waals surface area contributed by atoms with Crippen molar-refractivity contribution in [1.82, 2.24) is 5.32 Å². The fourth-order valence-corrected chi connectivity index (χ4v) is 3.07. The van der Waals surface area contributed by atoms with Gasteiger partial charge in [0.15, 0.2) is 6.10 Å². The molecule has 2 N–H and O–H groups in total. The lowest BCUT2D eigenvalue weighted by Gasteiger charge is -2.19. The largest absolute Gasteiger partial charge is 0.481 e. The number of nitrogens with one attached hydrogen (secondary N) is 2. The first-order chi connectivity index (χ1) is 14.6. The number of hydrogen-bond acceptors (Lipinski definition) is 6. The predicted molar refractivity (Wildman–Crippen MR) is 119 cm³/mol. The van der Waals surface area contributed by atoms with Crippen LogP contribution in [-0.4, -0.2) is 59.9 Å². The second-order valence-corrected chi connectivity index (χ2v) is 8.78. The molecule has 168 valence electrons. The number of rotatable bonds is 10. The number of benzene rings is 2. The van der Waals surface area contributed by atoms with E-state index >= 15 is 0 Å². The molecule has 31 heavy (non-hydrogen) atoms. The molecule has 2 rings (SSSR count). The number of hydrogen-bond donors (Lipinski definition) is 2. The minimum Gasteiger partial charge on any atom is -0.481 e. The van der Waals surface area contributed by atoms with Crippen LogP contribution in [0, 0.1) is 0 Å². The predicted octanol–water partition coefficient (Wildman–Crippen LogP) is 1.86. The molecule has 0 aliphatic carbocycles. The van der Waals surface area contributed by atoms with Gasteiger partial charge < -0.3 is 20.1 Å². The fraction of sp³-hybridized carbons (Fsp3) is 0.333. The van der Waals surface area contributed by atoms with Gasteiger partial charge in [0.05, 0.1) is 29.8 Å². The van der Waals surface area contributed by atoms with Crippen LogP contribution in [0.1, 0.15) is 17.3 Å². The average molecular weight is 450 g/mol. The van der Waals surface area contributed by atoms with E-state index in [9.17, 15) is 18.0 Å². The topological polar surface area (TPSA) is 114 Å². The number of nitrogens with zero attached hydrogens (tertiary/aromatic N) is 1. The second kappa shape index (κ2) is 10.8. The van der Waals surface area contributed by atoms with E-state index in [4.69, 9.17) is 9.47 Å². The Morgan fingerprint density at radius 3 is 2.35 bits per heavy atom. The van der Waals surface area contributed by atoms with Crippen LogP contribution in [-0.2, 0) is 19.6 Å². The van der Waals surface area contributed by atoms with Crippen LogP contribution in [0.25, 0.3) is 0 Å². The maximum Gasteiger partial charge on any atom is 0.265 e. The Morgan fingerprint density at radius 2 is 1.74 bits per heavy atom. The zero-order valence-corrected chi connectivity index (χ0v) is 18.7. The zero-order valence-electron chi connectivity index (χ0n) is 17.9. The highest BCUT2D eigenvalue weighted by Gasteiger charge is 2.19. The van der Waals surface area contributed by atoms with Crippen LogP contribution in [0.15, 0.2) is 48.5 Å². The van der Waals surface area contributed by atoms with Gasteiger partial charge >= 0.3 is 0 Å². The lowest BCUT2D eigenvalue weighted by Crippen LogP contribution is -2.32. The van der Waals surface area contributed by atoms with Gasteiger partial charge in [-0.3, -0.25) is 13.9 Å². The van der Waals surface area contributed by atoms with Gasteiger partial charge in [-0.05, 0) is 43.3 Å². The summed E-state index contributed by atoms with van der Waals surface area (Å²) in [6.45, 7) is 2.30. The first-order valence-electron chi connectivity index (χ1n) is 9.51. The molecule has 0 radical (unpaired) electrons. The van der Waals surface area contributed by atoms with Gasteiger partial charge in [-0.15, -0.1) is 0 Å². The number of sulfonamides is 1. The molecule has 0 heterocycles.